The van der Waals surface area contributed by atoms with Gasteiger partial charge in [0, 0.05) is 21.5 Å². The lowest BCUT2D eigenvalue weighted by molar-refractivity contribution is 0.0949. The summed E-state index contributed by atoms with van der Waals surface area (Å²) < 4.78 is 3.07. The first-order chi connectivity index (χ1) is 15.1. The highest BCUT2D eigenvalue weighted by Crippen LogP contribution is 2.26. The van der Waals surface area contributed by atoms with Crippen molar-refractivity contribution in [1.82, 2.24) is 20.1 Å². The molecule has 1 amide bonds. The molecular weight excluding hydrogens is 472 g/mol. The number of hydrogen-bond acceptors (Lipinski definition) is 4. The fourth-order valence-electron chi connectivity index (χ4n) is 3.11. The first-order valence-corrected chi connectivity index (χ1v) is 11.6. The summed E-state index contributed by atoms with van der Waals surface area (Å²) in [5.41, 5.74) is 3.95. The van der Waals surface area contributed by atoms with Crippen LogP contribution in [0, 0.1) is 6.92 Å². The van der Waals surface area contributed by atoms with Crippen molar-refractivity contribution >= 4 is 33.6 Å². The van der Waals surface area contributed by atoms with Crippen LogP contribution in [0.15, 0.2) is 88.5 Å². The maximum Gasteiger partial charge on any atom is 0.251 e. The van der Waals surface area contributed by atoms with Gasteiger partial charge in [-0.3, -0.25) is 9.36 Å². The predicted molar refractivity (Wildman–Crippen MR) is 127 cm³/mol. The second-order valence-electron chi connectivity index (χ2n) is 7.04. The van der Waals surface area contributed by atoms with Gasteiger partial charge in [0.05, 0.1) is 6.54 Å². The Kier molecular flexibility index (Phi) is 6.84. The van der Waals surface area contributed by atoms with Gasteiger partial charge in [0.15, 0.2) is 11.0 Å². The molecule has 0 unspecified atom stereocenters. The molecule has 3 aromatic carbocycles. The molecule has 0 radical (unpaired) electrons. The van der Waals surface area contributed by atoms with Gasteiger partial charge in [0.1, 0.15) is 0 Å². The van der Waals surface area contributed by atoms with Crippen LogP contribution in [-0.2, 0) is 12.3 Å². The number of aromatic nitrogens is 3. The van der Waals surface area contributed by atoms with Gasteiger partial charge in [-0.25, -0.2) is 0 Å². The monoisotopic (exact) mass is 492 g/mol. The number of halogens is 1. The fourth-order valence-corrected chi connectivity index (χ4v) is 4.31. The van der Waals surface area contributed by atoms with Crippen molar-refractivity contribution in [3.8, 4) is 5.69 Å². The van der Waals surface area contributed by atoms with Crippen LogP contribution >= 0.6 is 27.7 Å². The molecule has 0 aliphatic rings. The molecular formula is C24H21BrN4OS. The SMILES string of the molecule is Cc1cccc(-n2c(CNC(=O)c3ccccc3)nnc2SCc2ccc(Br)cc2)c1. The van der Waals surface area contributed by atoms with Crippen LogP contribution in [0.25, 0.3) is 5.69 Å². The van der Waals surface area contributed by atoms with Gasteiger partial charge < -0.3 is 5.32 Å². The number of thioether (sulfide) groups is 1. The van der Waals surface area contributed by atoms with Crippen molar-refractivity contribution < 1.29 is 4.79 Å². The van der Waals surface area contributed by atoms with E-state index in [9.17, 15) is 4.79 Å². The molecule has 0 aliphatic heterocycles. The molecule has 156 valence electrons. The van der Waals surface area contributed by atoms with Gasteiger partial charge in [-0.05, 0) is 54.4 Å². The van der Waals surface area contributed by atoms with Crippen LogP contribution in [0.2, 0.25) is 0 Å². The van der Waals surface area contributed by atoms with E-state index >= 15 is 0 Å². The lowest BCUT2D eigenvalue weighted by Crippen LogP contribution is -2.24. The third-order valence-electron chi connectivity index (χ3n) is 4.68. The Morgan fingerprint density at radius 2 is 1.77 bits per heavy atom. The number of nitrogens with one attached hydrogen (secondary N) is 1. The zero-order valence-electron chi connectivity index (χ0n) is 17.0. The second-order valence-corrected chi connectivity index (χ2v) is 8.90. The van der Waals surface area contributed by atoms with Gasteiger partial charge in [0.2, 0.25) is 0 Å². The summed E-state index contributed by atoms with van der Waals surface area (Å²) in [6.45, 7) is 2.34. The first kappa shape index (κ1) is 21.3. The molecule has 1 aromatic heterocycles. The Morgan fingerprint density at radius 1 is 1.00 bits per heavy atom. The second kappa shape index (κ2) is 9.94. The summed E-state index contributed by atoms with van der Waals surface area (Å²) >= 11 is 5.09. The van der Waals surface area contributed by atoms with Crippen LogP contribution in [-0.4, -0.2) is 20.7 Å². The summed E-state index contributed by atoms with van der Waals surface area (Å²) in [4.78, 5) is 12.5. The summed E-state index contributed by atoms with van der Waals surface area (Å²) in [6, 6.07) is 25.6. The molecule has 7 heteroatoms. The van der Waals surface area contributed by atoms with E-state index in [1.807, 2.05) is 47.0 Å². The molecule has 0 fully saturated rings. The quantitative estimate of drug-likeness (QED) is 0.343. The third-order valence-corrected chi connectivity index (χ3v) is 6.21. The Labute approximate surface area is 194 Å². The van der Waals surface area contributed by atoms with Crippen LogP contribution in [0.4, 0.5) is 0 Å². The number of carbonyl (C=O) groups excluding carboxylic acids is 1. The Balaban J connectivity index is 1.57. The van der Waals surface area contributed by atoms with E-state index in [0.717, 1.165) is 26.6 Å². The molecule has 4 aromatic rings. The molecule has 0 saturated heterocycles. The highest BCUT2D eigenvalue weighted by atomic mass is 79.9. The molecule has 1 heterocycles. The van der Waals surface area contributed by atoms with Crippen molar-refractivity contribution in [2.75, 3.05) is 0 Å². The van der Waals surface area contributed by atoms with E-state index in [4.69, 9.17) is 0 Å². The zero-order valence-corrected chi connectivity index (χ0v) is 19.4. The molecule has 31 heavy (non-hydrogen) atoms. The van der Waals surface area contributed by atoms with Crippen molar-refractivity contribution in [3.63, 3.8) is 0 Å². The molecule has 0 bridgehead atoms. The summed E-state index contributed by atoms with van der Waals surface area (Å²) in [6.07, 6.45) is 0. The largest absolute Gasteiger partial charge is 0.345 e. The lowest BCUT2D eigenvalue weighted by atomic mass is 10.2. The molecule has 0 spiro atoms. The van der Waals surface area contributed by atoms with E-state index in [0.29, 0.717) is 11.4 Å². The van der Waals surface area contributed by atoms with E-state index in [-0.39, 0.29) is 12.5 Å². The number of rotatable bonds is 7. The van der Waals surface area contributed by atoms with Gasteiger partial charge in [-0.1, -0.05) is 70.2 Å². The molecule has 4 rings (SSSR count). The highest BCUT2D eigenvalue weighted by Gasteiger charge is 2.16. The standard InChI is InChI=1S/C24H21BrN4OS/c1-17-6-5-9-21(14-17)29-22(15-26-23(30)19-7-3-2-4-8-19)27-28-24(29)31-16-18-10-12-20(25)13-11-18/h2-14H,15-16H2,1H3,(H,26,30). The van der Waals surface area contributed by atoms with Gasteiger partial charge in [0.25, 0.3) is 5.91 Å². The van der Waals surface area contributed by atoms with Gasteiger partial charge in [-0.2, -0.15) is 0 Å². The van der Waals surface area contributed by atoms with Crippen molar-refractivity contribution in [1.29, 1.82) is 0 Å². The fraction of sp³-hybridized carbons (Fsp3) is 0.125. The number of benzene rings is 3. The van der Waals surface area contributed by atoms with Crippen LogP contribution in [0.1, 0.15) is 27.3 Å². The van der Waals surface area contributed by atoms with Crippen molar-refractivity contribution in [2.24, 2.45) is 0 Å². The average molecular weight is 493 g/mol. The molecule has 5 nitrogen and oxygen atoms in total. The van der Waals surface area contributed by atoms with E-state index in [2.05, 4.69) is 62.6 Å². The Morgan fingerprint density at radius 3 is 2.52 bits per heavy atom. The van der Waals surface area contributed by atoms with Crippen molar-refractivity contribution in [3.05, 3.63) is 106 Å². The average Bonchev–Trinajstić information content (AvgIpc) is 3.20. The minimum atomic E-state index is -0.136. The first-order valence-electron chi connectivity index (χ1n) is 9.82. The van der Waals surface area contributed by atoms with Gasteiger partial charge in [-0.15, -0.1) is 10.2 Å². The minimum Gasteiger partial charge on any atom is -0.345 e. The van der Waals surface area contributed by atoms with Crippen LogP contribution < -0.4 is 5.32 Å². The number of aryl methyl sites for hydroxylation is 1. The molecule has 0 aliphatic carbocycles. The number of hydrogen-bond donors (Lipinski definition) is 1. The molecule has 0 atom stereocenters. The Hall–Kier alpha value is -2.90. The number of nitrogens with zero attached hydrogens (tertiary/aromatic N) is 3. The predicted octanol–water partition coefficient (Wildman–Crippen LogP) is 5.56. The van der Waals surface area contributed by atoms with Crippen molar-refractivity contribution in [2.45, 2.75) is 24.4 Å². The normalized spacial score (nSPS) is 10.8. The molecule has 0 saturated carbocycles. The summed E-state index contributed by atoms with van der Waals surface area (Å²) in [5, 5.41) is 12.6. The Bertz CT molecular complexity index is 1180. The number of amides is 1. The van der Waals surface area contributed by atoms with E-state index < -0.39 is 0 Å². The van der Waals surface area contributed by atoms with Crippen LogP contribution in [0.3, 0.4) is 0 Å². The number of carbonyl (C=O) groups is 1. The maximum absolute atomic E-state index is 12.5. The zero-order chi connectivity index (χ0) is 21.6. The lowest BCUT2D eigenvalue weighted by Gasteiger charge is -2.12. The van der Waals surface area contributed by atoms with Gasteiger partial charge >= 0.3 is 0 Å². The summed E-state index contributed by atoms with van der Waals surface area (Å²) in [5.74, 6) is 1.32. The van der Waals surface area contributed by atoms with E-state index in [1.165, 1.54) is 5.56 Å². The molecule has 1 N–H and O–H groups in total. The maximum atomic E-state index is 12.5. The third kappa shape index (κ3) is 5.42. The van der Waals surface area contributed by atoms with Crippen LogP contribution in [0.5, 0.6) is 0 Å². The highest BCUT2D eigenvalue weighted by molar-refractivity contribution is 9.10. The minimum absolute atomic E-state index is 0.136. The van der Waals surface area contributed by atoms with E-state index in [1.54, 1.807) is 23.9 Å². The topological polar surface area (TPSA) is 59.8 Å². The summed E-state index contributed by atoms with van der Waals surface area (Å²) in [7, 11) is 0. The smallest absolute Gasteiger partial charge is 0.251 e.